The Morgan fingerprint density at radius 2 is 1.89 bits per heavy atom. The highest BCUT2D eigenvalue weighted by molar-refractivity contribution is 6.31. The Kier molecular flexibility index (Phi) is 4.87. The van der Waals surface area contributed by atoms with Crippen LogP contribution in [0.4, 0.5) is 0 Å². The van der Waals surface area contributed by atoms with Gasteiger partial charge in [0, 0.05) is 24.5 Å². The number of likely N-dealkylation sites (tertiary alicyclic amines) is 1. The third-order valence-electron chi connectivity index (χ3n) is 3.79. The zero-order chi connectivity index (χ0) is 13.8. The first-order valence-corrected chi connectivity index (χ1v) is 7.45. The molecule has 2 atom stereocenters. The first-order valence-electron chi connectivity index (χ1n) is 7.07. The van der Waals surface area contributed by atoms with Gasteiger partial charge in [0.1, 0.15) is 0 Å². The normalized spacial score (nSPS) is 23.4. The molecule has 1 aromatic carbocycles. The maximum Gasteiger partial charge on any atom is 0.222 e. The molecule has 0 N–H and O–H groups in total. The second kappa shape index (κ2) is 6.42. The maximum absolute atomic E-state index is 12.3. The van der Waals surface area contributed by atoms with E-state index in [0.717, 1.165) is 30.1 Å². The molecular formula is C16H22ClNO. The van der Waals surface area contributed by atoms with Crippen molar-refractivity contribution >= 4 is 17.5 Å². The van der Waals surface area contributed by atoms with Crippen molar-refractivity contribution in [3.05, 3.63) is 34.9 Å². The predicted octanol–water partition coefficient (Wildman–Crippen LogP) is 3.78. The highest BCUT2D eigenvalue weighted by Crippen LogP contribution is 2.22. The van der Waals surface area contributed by atoms with Crippen LogP contribution >= 0.6 is 11.6 Å². The lowest BCUT2D eigenvalue weighted by molar-refractivity contribution is -0.133. The maximum atomic E-state index is 12.3. The highest BCUT2D eigenvalue weighted by Gasteiger charge is 2.24. The average molecular weight is 280 g/mol. The van der Waals surface area contributed by atoms with Crippen LogP contribution in [0.15, 0.2) is 24.3 Å². The van der Waals surface area contributed by atoms with Gasteiger partial charge in [-0.15, -0.1) is 0 Å². The average Bonchev–Trinajstić information content (AvgIpc) is 2.36. The minimum atomic E-state index is 0.262. The molecule has 2 nitrogen and oxygen atoms in total. The number of halogens is 1. The standard InChI is InChI=1S/C16H22ClNO/c1-12-9-13(2)11-18(10-12)16(19)8-7-14-5-3-4-6-15(14)17/h3-6,12-13H,7-11H2,1-2H3. The lowest BCUT2D eigenvalue weighted by atomic mass is 9.91. The summed E-state index contributed by atoms with van der Waals surface area (Å²) in [5.74, 6) is 1.50. The van der Waals surface area contributed by atoms with Crippen LogP contribution < -0.4 is 0 Å². The van der Waals surface area contributed by atoms with E-state index in [0.29, 0.717) is 18.3 Å². The third kappa shape index (κ3) is 3.97. The largest absolute Gasteiger partial charge is 0.342 e. The molecule has 19 heavy (non-hydrogen) atoms. The van der Waals surface area contributed by atoms with Crippen LogP contribution in [0.5, 0.6) is 0 Å². The number of aryl methyl sites for hydroxylation is 1. The summed E-state index contributed by atoms with van der Waals surface area (Å²) in [6.07, 6.45) is 2.52. The molecule has 0 aliphatic carbocycles. The predicted molar refractivity (Wildman–Crippen MR) is 79.3 cm³/mol. The molecule has 1 saturated heterocycles. The van der Waals surface area contributed by atoms with Gasteiger partial charge >= 0.3 is 0 Å². The number of carbonyl (C=O) groups is 1. The van der Waals surface area contributed by atoms with Crippen molar-refractivity contribution in [2.75, 3.05) is 13.1 Å². The zero-order valence-corrected chi connectivity index (χ0v) is 12.5. The molecule has 1 amide bonds. The number of nitrogens with zero attached hydrogens (tertiary/aromatic N) is 1. The third-order valence-corrected chi connectivity index (χ3v) is 4.16. The van der Waals surface area contributed by atoms with E-state index in [1.165, 1.54) is 6.42 Å². The van der Waals surface area contributed by atoms with Gasteiger partial charge in [0.25, 0.3) is 0 Å². The topological polar surface area (TPSA) is 20.3 Å². The molecule has 2 unspecified atom stereocenters. The fraction of sp³-hybridized carbons (Fsp3) is 0.562. The summed E-state index contributed by atoms with van der Waals surface area (Å²) < 4.78 is 0. The Labute approximate surface area is 120 Å². The lowest BCUT2D eigenvalue weighted by Crippen LogP contribution is -2.42. The van der Waals surface area contributed by atoms with Gasteiger partial charge in [0.15, 0.2) is 0 Å². The Balaban J connectivity index is 1.89. The van der Waals surface area contributed by atoms with Crippen LogP contribution in [0.2, 0.25) is 5.02 Å². The lowest BCUT2D eigenvalue weighted by Gasteiger charge is -2.35. The van der Waals surface area contributed by atoms with Crippen molar-refractivity contribution in [3.8, 4) is 0 Å². The molecule has 1 aliphatic rings. The fourth-order valence-corrected chi connectivity index (χ4v) is 3.20. The monoisotopic (exact) mass is 279 g/mol. The minimum absolute atomic E-state index is 0.262. The van der Waals surface area contributed by atoms with Crippen molar-refractivity contribution in [1.29, 1.82) is 0 Å². The van der Waals surface area contributed by atoms with Crippen molar-refractivity contribution in [2.24, 2.45) is 11.8 Å². The Morgan fingerprint density at radius 3 is 2.53 bits per heavy atom. The van der Waals surface area contributed by atoms with Crippen LogP contribution in [0.3, 0.4) is 0 Å². The minimum Gasteiger partial charge on any atom is -0.342 e. The van der Waals surface area contributed by atoms with Crippen LogP contribution in [-0.2, 0) is 11.2 Å². The summed E-state index contributed by atoms with van der Waals surface area (Å²) in [4.78, 5) is 14.3. The summed E-state index contributed by atoms with van der Waals surface area (Å²) in [6, 6.07) is 7.77. The summed E-state index contributed by atoms with van der Waals surface area (Å²) in [6.45, 7) is 6.27. The van der Waals surface area contributed by atoms with Gasteiger partial charge in [-0.05, 0) is 36.3 Å². The smallest absolute Gasteiger partial charge is 0.222 e. The number of piperidine rings is 1. The van der Waals surface area contributed by atoms with Gasteiger partial charge in [0.05, 0.1) is 0 Å². The van der Waals surface area contributed by atoms with E-state index in [-0.39, 0.29) is 5.91 Å². The number of hydrogen-bond donors (Lipinski definition) is 0. The Bertz CT molecular complexity index is 436. The van der Waals surface area contributed by atoms with Crippen LogP contribution in [-0.4, -0.2) is 23.9 Å². The van der Waals surface area contributed by atoms with Gasteiger partial charge in [-0.1, -0.05) is 43.6 Å². The molecule has 104 valence electrons. The second-order valence-electron chi connectivity index (χ2n) is 5.84. The van der Waals surface area contributed by atoms with E-state index in [2.05, 4.69) is 13.8 Å². The molecule has 0 saturated carbocycles. The highest BCUT2D eigenvalue weighted by atomic mass is 35.5. The van der Waals surface area contributed by atoms with E-state index >= 15 is 0 Å². The van der Waals surface area contributed by atoms with Gasteiger partial charge in [0.2, 0.25) is 5.91 Å². The van der Waals surface area contributed by atoms with Gasteiger partial charge < -0.3 is 4.90 Å². The zero-order valence-electron chi connectivity index (χ0n) is 11.7. The molecule has 0 radical (unpaired) electrons. The van der Waals surface area contributed by atoms with Gasteiger partial charge in [-0.25, -0.2) is 0 Å². The number of benzene rings is 1. The molecule has 2 rings (SSSR count). The summed E-state index contributed by atoms with van der Waals surface area (Å²) in [5, 5.41) is 0.760. The van der Waals surface area contributed by atoms with E-state index in [4.69, 9.17) is 11.6 Å². The van der Waals surface area contributed by atoms with Crippen molar-refractivity contribution in [3.63, 3.8) is 0 Å². The number of carbonyl (C=O) groups excluding carboxylic acids is 1. The Morgan fingerprint density at radius 1 is 1.26 bits per heavy atom. The van der Waals surface area contributed by atoms with Gasteiger partial charge in [-0.2, -0.15) is 0 Å². The summed E-state index contributed by atoms with van der Waals surface area (Å²) >= 11 is 6.11. The second-order valence-corrected chi connectivity index (χ2v) is 6.24. The first kappa shape index (κ1) is 14.4. The SMILES string of the molecule is CC1CC(C)CN(C(=O)CCc2ccccc2Cl)C1. The summed E-state index contributed by atoms with van der Waals surface area (Å²) in [7, 11) is 0. The molecule has 1 aliphatic heterocycles. The molecule has 1 heterocycles. The van der Waals surface area contributed by atoms with Crippen LogP contribution in [0.1, 0.15) is 32.3 Å². The first-order chi connectivity index (χ1) is 9.06. The fourth-order valence-electron chi connectivity index (χ4n) is 2.97. The number of rotatable bonds is 3. The molecule has 3 heteroatoms. The van der Waals surface area contributed by atoms with Crippen molar-refractivity contribution in [2.45, 2.75) is 33.1 Å². The van der Waals surface area contributed by atoms with E-state index in [9.17, 15) is 4.79 Å². The summed E-state index contributed by atoms with van der Waals surface area (Å²) in [5.41, 5.74) is 1.07. The Hall–Kier alpha value is -1.02. The molecule has 0 spiro atoms. The number of hydrogen-bond acceptors (Lipinski definition) is 1. The molecule has 1 aromatic rings. The van der Waals surface area contributed by atoms with E-state index < -0.39 is 0 Å². The van der Waals surface area contributed by atoms with E-state index in [1.807, 2.05) is 29.2 Å². The van der Waals surface area contributed by atoms with Crippen LogP contribution in [0.25, 0.3) is 0 Å². The van der Waals surface area contributed by atoms with Crippen molar-refractivity contribution < 1.29 is 4.79 Å². The molecule has 0 aromatic heterocycles. The quantitative estimate of drug-likeness (QED) is 0.825. The van der Waals surface area contributed by atoms with Gasteiger partial charge in [-0.3, -0.25) is 4.79 Å². The van der Waals surface area contributed by atoms with E-state index in [1.54, 1.807) is 0 Å². The number of amides is 1. The van der Waals surface area contributed by atoms with Crippen LogP contribution in [0, 0.1) is 11.8 Å². The molecule has 0 bridgehead atoms. The van der Waals surface area contributed by atoms with Crippen molar-refractivity contribution in [1.82, 2.24) is 4.90 Å². The molecular weight excluding hydrogens is 258 g/mol. The molecule has 1 fully saturated rings.